The van der Waals surface area contributed by atoms with Gasteiger partial charge in [-0.3, -0.25) is 3.97 Å². The van der Waals surface area contributed by atoms with E-state index in [2.05, 4.69) is 41.5 Å². The molecule has 1 aliphatic carbocycles. The number of hydrogen-bond acceptors (Lipinski definition) is 6. The van der Waals surface area contributed by atoms with Crippen molar-refractivity contribution in [3.8, 4) is 11.4 Å². The van der Waals surface area contributed by atoms with Gasteiger partial charge in [-0.05, 0) is 31.7 Å². The Balaban J connectivity index is 1.72. The Bertz CT molecular complexity index is 981. The first-order valence-electron chi connectivity index (χ1n) is 8.56. The predicted octanol–water partition coefficient (Wildman–Crippen LogP) is 4.30. The molecular weight excluding hydrogens is 485 g/mol. The molecule has 0 spiro atoms. The highest BCUT2D eigenvalue weighted by atomic mass is 127. The van der Waals surface area contributed by atoms with Gasteiger partial charge in [-0.2, -0.15) is 0 Å². The minimum Gasteiger partial charge on any atom is -0.365 e. The third-order valence-corrected chi connectivity index (χ3v) is 6.39. The van der Waals surface area contributed by atoms with Crippen LogP contribution in [0.1, 0.15) is 25.7 Å². The van der Waals surface area contributed by atoms with E-state index in [-0.39, 0.29) is 17.9 Å². The molecule has 0 radical (unpaired) electrons. The van der Waals surface area contributed by atoms with E-state index in [1.54, 1.807) is 10.2 Å². The van der Waals surface area contributed by atoms with Crippen molar-refractivity contribution < 1.29 is 8.78 Å². The Labute approximate surface area is 171 Å². The lowest BCUT2D eigenvalue weighted by molar-refractivity contribution is 0.407. The van der Waals surface area contributed by atoms with Crippen LogP contribution in [0.15, 0.2) is 24.7 Å². The van der Waals surface area contributed by atoms with Gasteiger partial charge in [0.05, 0.1) is 12.4 Å². The van der Waals surface area contributed by atoms with Crippen LogP contribution in [0.25, 0.3) is 22.4 Å². The molecule has 1 saturated carbocycles. The van der Waals surface area contributed by atoms with Gasteiger partial charge in [0.25, 0.3) is 0 Å². The van der Waals surface area contributed by atoms with E-state index in [4.69, 9.17) is 5.73 Å². The van der Waals surface area contributed by atoms with Crippen LogP contribution in [0.2, 0.25) is 0 Å². The molecule has 3 heterocycles. The maximum absolute atomic E-state index is 14.3. The molecule has 0 saturated heterocycles. The molecule has 1 fully saturated rings. The molecule has 0 aliphatic heterocycles. The van der Waals surface area contributed by atoms with Crippen molar-refractivity contribution in [2.75, 3.05) is 5.32 Å². The zero-order valence-electron chi connectivity index (χ0n) is 14.2. The highest BCUT2D eigenvalue weighted by Gasteiger charge is 2.22. The van der Waals surface area contributed by atoms with E-state index < -0.39 is 11.6 Å². The van der Waals surface area contributed by atoms with Crippen molar-refractivity contribution in [1.82, 2.24) is 18.9 Å². The number of nitrogens with one attached hydrogen (secondary N) is 1. The summed E-state index contributed by atoms with van der Waals surface area (Å²) in [5, 5.41) is 3.74. The predicted molar refractivity (Wildman–Crippen MR) is 112 cm³/mol. The molecule has 142 valence electrons. The second-order valence-electron chi connectivity index (χ2n) is 6.62. The van der Waals surface area contributed by atoms with Gasteiger partial charge in [0.1, 0.15) is 5.82 Å². The Morgan fingerprint density at radius 3 is 2.89 bits per heavy atom. The molecule has 1 aliphatic rings. The van der Waals surface area contributed by atoms with Crippen molar-refractivity contribution in [2.45, 2.75) is 37.8 Å². The topological polar surface area (TPSA) is 81.6 Å². The van der Waals surface area contributed by atoms with E-state index in [1.807, 2.05) is 0 Å². The summed E-state index contributed by atoms with van der Waals surface area (Å²) >= 11 is 2.11. The first-order chi connectivity index (χ1) is 13.0. The van der Waals surface area contributed by atoms with Crippen molar-refractivity contribution in [2.24, 2.45) is 5.73 Å². The number of halogens is 3. The summed E-state index contributed by atoms with van der Waals surface area (Å²) in [4.78, 5) is 12.6. The zero-order chi connectivity index (χ0) is 19.0. The standard InChI is InChI=1S/C17H17F2IN6S/c18-9-4-12-13(8-26(27-20)17(12)23-6-9)15-22-7-14(19)16(25-15)24-11-3-1-2-10(21)5-11/h4,6-8,10-11H,1-3,5,21H2,(H,22,24,25). The highest BCUT2D eigenvalue weighted by molar-refractivity contribution is 14.2. The molecule has 10 heteroatoms. The molecule has 0 amide bonds. The van der Waals surface area contributed by atoms with E-state index in [9.17, 15) is 8.78 Å². The van der Waals surface area contributed by atoms with Crippen molar-refractivity contribution >= 4 is 47.2 Å². The number of aromatic nitrogens is 4. The van der Waals surface area contributed by atoms with Crippen LogP contribution >= 0.6 is 30.3 Å². The van der Waals surface area contributed by atoms with Gasteiger partial charge >= 0.3 is 0 Å². The van der Waals surface area contributed by atoms with Gasteiger partial charge in [-0.25, -0.2) is 23.7 Å². The quantitative estimate of drug-likeness (QED) is 0.518. The van der Waals surface area contributed by atoms with Crippen LogP contribution in [-0.2, 0) is 0 Å². The Hall–Kier alpha value is -1.53. The lowest BCUT2D eigenvalue weighted by Crippen LogP contribution is -2.35. The monoisotopic (exact) mass is 502 g/mol. The fourth-order valence-electron chi connectivity index (χ4n) is 3.43. The summed E-state index contributed by atoms with van der Waals surface area (Å²) in [6.07, 6.45) is 7.78. The zero-order valence-corrected chi connectivity index (χ0v) is 17.2. The fraction of sp³-hybridized carbons (Fsp3) is 0.353. The summed E-state index contributed by atoms with van der Waals surface area (Å²) in [7, 11) is 1.40. The minimum atomic E-state index is -0.519. The van der Waals surface area contributed by atoms with Crippen LogP contribution in [0.5, 0.6) is 0 Å². The maximum Gasteiger partial charge on any atom is 0.183 e. The molecule has 6 nitrogen and oxygen atoms in total. The third kappa shape index (κ3) is 3.87. The average molecular weight is 502 g/mol. The molecule has 27 heavy (non-hydrogen) atoms. The number of nitrogens with zero attached hydrogens (tertiary/aromatic N) is 4. The van der Waals surface area contributed by atoms with Crippen molar-refractivity contribution in [3.63, 3.8) is 0 Å². The second-order valence-corrected chi connectivity index (χ2v) is 8.33. The highest BCUT2D eigenvalue weighted by Crippen LogP contribution is 2.33. The van der Waals surface area contributed by atoms with Crippen LogP contribution in [-0.4, -0.2) is 31.0 Å². The van der Waals surface area contributed by atoms with Gasteiger partial charge < -0.3 is 11.1 Å². The molecule has 4 rings (SSSR count). The second kappa shape index (κ2) is 7.84. The maximum atomic E-state index is 14.3. The third-order valence-electron chi connectivity index (χ3n) is 4.69. The molecule has 0 aromatic carbocycles. The van der Waals surface area contributed by atoms with Crippen LogP contribution in [0.3, 0.4) is 0 Å². The van der Waals surface area contributed by atoms with Crippen molar-refractivity contribution in [1.29, 1.82) is 0 Å². The smallest absolute Gasteiger partial charge is 0.183 e. The molecule has 3 aromatic rings. The largest absolute Gasteiger partial charge is 0.365 e. The summed E-state index contributed by atoms with van der Waals surface area (Å²) in [5.41, 5.74) is 7.22. The van der Waals surface area contributed by atoms with E-state index >= 15 is 0 Å². The molecule has 3 aromatic heterocycles. The molecule has 0 bridgehead atoms. The Morgan fingerprint density at radius 2 is 2.11 bits per heavy atom. The molecule has 3 N–H and O–H groups in total. The number of nitrogens with two attached hydrogens (primary N) is 1. The van der Waals surface area contributed by atoms with Gasteiger partial charge in [0, 0.05) is 59.6 Å². The minimum absolute atomic E-state index is 0.0800. The van der Waals surface area contributed by atoms with Gasteiger partial charge in [0.15, 0.2) is 23.1 Å². The lowest BCUT2D eigenvalue weighted by atomic mass is 9.92. The SMILES string of the molecule is NC1CCCC(Nc2nc(-c3cn(SI)c4ncc(F)cc34)ncc2F)C1. The normalized spacial score (nSPS) is 20.1. The number of pyridine rings is 1. The first-order valence-corrected chi connectivity index (χ1v) is 11.9. The summed E-state index contributed by atoms with van der Waals surface area (Å²) in [6, 6.07) is 1.59. The van der Waals surface area contributed by atoms with Crippen LogP contribution < -0.4 is 11.1 Å². The number of hydrogen-bond donors (Lipinski definition) is 2. The number of rotatable bonds is 4. The lowest BCUT2D eigenvalue weighted by Gasteiger charge is -2.27. The van der Waals surface area contributed by atoms with Crippen molar-refractivity contribution in [3.05, 3.63) is 36.3 Å². The summed E-state index contributed by atoms with van der Waals surface area (Å²) in [5.74, 6) is -0.502. The summed E-state index contributed by atoms with van der Waals surface area (Å²) < 4.78 is 29.8. The van der Waals surface area contributed by atoms with E-state index in [1.165, 1.54) is 21.4 Å². The van der Waals surface area contributed by atoms with Crippen LogP contribution in [0, 0.1) is 11.6 Å². The fourth-order valence-corrected chi connectivity index (χ4v) is 4.69. The Morgan fingerprint density at radius 1 is 1.26 bits per heavy atom. The molecule has 2 atom stereocenters. The van der Waals surface area contributed by atoms with E-state index in [0.717, 1.165) is 31.9 Å². The van der Waals surface area contributed by atoms with E-state index in [0.29, 0.717) is 22.4 Å². The molecular formula is C17H17F2IN6S. The molecule has 2 unspecified atom stereocenters. The first kappa shape index (κ1) is 18.8. The summed E-state index contributed by atoms with van der Waals surface area (Å²) in [6.45, 7) is 0. The van der Waals surface area contributed by atoms with Crippen LogP contribution in [0.4, 0.5) is 14.6 Å². The van der Waals surface area contributed by atoms with Gasteiger partial charge in [0.2, 0.25) is 0 Å². The number of fused-ring (bicyclic) bond motifs is 1. The Kier molecular flexibility index (Phi) is 5.46. The van der Waals surface area contributed by atoms with Gasteiger partial charge in [-0.15, -0.1) is 0 Å². The number of anilines is 1. The van der Waals surface area contributed by atoms with Gasteiger partial charge in [-0.1, -0.05) is 0 Å². The average Bonchev–Trinajstić information content (AvgIpc) is 3.01.